The minimum atomic E-state index is 0.518. The number of halogens is 2. The van der Waals surface area contributed by atoms with Crippen molar-refractivity contribution in [3.05, 3.63) is 33.8 Å². The van der Waals surface area contributed by atoms with Gasteiger partial charge in [0.1, 0.15) is 0 Å². The van der Waals surface area contributed by atoms with E-state index >= 15 is 0 Å². The Balaban J connectivity index is 3.11. The minimum absolute atomic E-state index is 0.518. The summed E-state index contributed by atoms with van der Waals surface area (Å²) in [4.78, 5) is 0. The number of hydrogen-bond donors (Lipinski definition) is 0. The summed E-state index contributed by atoms with van der Waals surface area (Å²) < 4.78 is 0. The second-order valence-electron chi connectivity index (χ2n) is 2.02. The summed E-state index contributed by atoms with van der Waals surface area (Å²) in [5.74, 6) is 4.85. The molecule has 1 aromatic carbocycles. The molecule has 1 nitrogen and oxygen atoms in total. The molecule has 1 rings (SSSR count). The number of nitriles is 1. The van der Waals surface area contributed by atoms with E-state index in [0.29, 0.717) is 15.6 Å². The van der Waals surface area contributed by atoms with Crippen molar-refractivity contribution in [2.45, 2.75) is 0 Å². The van der Waals surface area contributed by atoms with Crippen LogP contribution in [0.15, 0.2) is 18.2 Å². The Hall–Kier alpha value is -1.15. The molecule has 0 amide bonds. The molecule has 0 heterocycles. The van der Waals surface area contributed by atoms with Crippen molar-refractivity contribution in [3.8, 4) is 17.9 Å². The molecule has 0 aliphatic heterocycles. The highest BCUT2D eigenvalue weighted by molar-refractivity contribution is 6.34. The zero-order valence-electron chi connectivity index (χ0n) is 5.94. The Morgan fingerprint density at radius 2 is 1.67 bits per heavy atom. The SMILES string of the molecule is N#CC#Cc1cc(Cl)cc(Cl)c1. The molecule has 0 aliphatic carbocycles. The van der Waals surface area contributed by atoms with E-state index in [0.717, 1.165) is 0 Å². The van der Waals surface area contributed by atoms with Gasteiger partial charge < -0.3 is 0 Å². The number of nitrogens with zero attached hydrogens (tertiary/aromatic N) is 1. The number of benzene rings is 1. The highest BCUT2D eigenvalue weighted by Crippen LogP contribution is 2.18. The molecular formula is C9H3Cl2N. The fourth-order valence-corrected chi connectivity index (χ4v) is 1.25. The minimum Gasteiger partial charge on any atom is -0.183 e. The lowest BCUT2D eigenvalue weighted by atomic mass is 10.2. The summed E-state index contributed by atoms with van der Waals surface area (Å²) >= 11 is 11.4. The largest absolute Gasteiger partial charge is 0.183 e. The van der Waals surface area contributed by atoms with Gasteiger partial charge in [-0.15, -0.1) is 0 Å². The predicted molar refractivity (Wildman–Crippen MR) is 49.0 cm³/mol. The lowest BCUT2D eigenvalue weighted by Gasteiger charge is -1.93. The van der Waals surface area contributed by atoms with Gasteiger partial charge in [0.05, 0.1) is 0 Å². The van der Waals surface area contributed by atoms with Gasteiger partial charge in [-0.25, -0.2) is 0 Å². The van der Waals surface area contributed by atoms with Crippen LogP contribution in [0.2, 0.25) is 10.0 Å². The van der Waals surface area contributed by atoms with E-state index in [1.165, 1.54) is 0 Å². The first-order valence-corrected chi connectivity index (χ1v) is 3.84. The average molecular weight is 196 g/mol. The van der Waals surface area contributed by atoms with Gasteiger partial charge in [-0.3, -0.25) is 0 Å². The highest BCUT2D eigenvalue weighted by atomic mass is 35.5. The third-order valence-electron chi connectivity index (χ3n) is 1.13. The van der Waals surface area contributed by atoms with E-state index in [4.69, 9.17) is 28.5 Å². The molecule has 3 heteroatoms. The lowest BCUT2D eigenvalue weighted by Crippen LogP contribution is -1.74. The summed E-state index contributed by atoms with van der Waals surface area (Å²) in [7, 11) is 0. The van der Waals surface area contributed by atoms with E-state index in [-0.39, 0.29) is 0 Å². The standard InChI is InChI=1S/C9H3Cl2N/c10-8-4-7(2-1-3-12)5-9(11)6-8/h4-6H. The van der Waals surface area contributed by atoms with Crippen LogP contribution in [0.25, 0.3) is 0 Å². The van der Waals surface area contributed by atoms with Crippen molar-refractivity contribution in [1.29, 1.82) is 5.26 Å². The number of rotatable bonds is 0. The summed E-state index contributed by atoms with van der Waals surface area (Å²) in [6.45, 7) is 0. The summed E-state index contributed by atoms with van der Waals surface area (Å²) in [6.07, 6.45) is 0. The zero-order chi connectivity index (χ0) is 8.97. The maximum absolute atomic E-state index is 8.18. The molecule has 0 aliphatic rings. The Bertz CT molecular complexity index is 373. The van der Waals surface area contributed by atoms with Gasteiger partial charge in [0, 0.05) is 21.5 Å². The Labute approximate surface area is 80.5 Å². The van der Waals surface area contributed by atoms with E-state index in [1.54, 1.807) is 24.3 Å². The second kappa shape index (κ2) is 4.02. The van der Waals surface area contributed by atoms with E-state index < -0.39 is 0 Å². The lowest BCUT2D eigenvalue weighted by molar-refractivity contribution is 1.55. The van der Waals surface area contributed by atoms with Crippen LogP contribution in [0.1, 0.15) is 5.56 Å². The van der Waals surface area contributed by atoms with Crippen LogP contribution in [-0.4, -0.2) is 0 Å². The highest BCUT2D eigenvalue weighted by Gasteiger charge is 1.93. The zero-order valence-corrected chi connectivity index (χ0v) is 7.45. The Kier molecular flexibility index (Phi) is 3.00. The molecule has 12 heavy (non-hydrogen) atoms. The predicted octanol–water partition coefficient (Wildman–Crippen LogP) is 2.87. The van der Waals surface area contributed by atoms with Crippen LogP contribution in [0.5, 0.6) is 0 Å². The van der Waals surface area contributed by atoms with Crippen molar-refractivity contribution in [2.75, 3.05) is 0 Å². The molecule has 0 fully saturated rings. The molecule has 0 radical (unpaired) electrons. The van der Waals surface area contributed by atoms with E-state index in [2.05, 4.69) is 11.8 Å². The van der Waals surface area contributed by atoms with Crippen LogP contribution >= 0.6 is 23.2 Å². The second-order valence-corrected chi connectivity index (χ2v) is 2.89. The first-order valence-electron chi connectivity index (χ1n) is 3.08. The Morgan fingerprint density at radius 3 is 2.17 bits per heavy atom. The molecule has 0 aromatic heterocycles. The maximum atomic E-state index is 8.18. The molecule has 0 bridgehead atoms. The normalized spacial score (nSPS) is 8.08. The summed E-state index contributed by atoms with van der Waals surface area (Å²) in [5.41, 5.74) is 0.647. The monoisotopic (exact) mass is 195 g/mol. The van der Waals surface area contributed by atoms with Crippen molar-refractivity contribution in [1.82, 2.24) is 0 Å². The molecule has 0 saturated carbocycles. The van der Waals surface area contributed by atoms with Crippen LogP contribution < -0.4 is 0 Å². The molecule has 0 atom stereocenters. The molecule has 0 N–H and O–H groups in total. The first-order chi connectivity index (χ1) is 5.72. The third kappa shape index (κ3) is 2.47. The van der Waals surface area contributed by atoms with Gasteiger partial charge in [0.15, 0.2) is 6.07 Å². The van der Waals surface area contributed by atoms with Crippen LogP contribution in [-0.2, 0) is 0 Å². The van der Waals surface area contributed by atoms with Crippen molar-refractivity contribution >= 4 is 23.2 Å². The van der Waals surface area contributed by atoms with Gasteiger partial charge in [-0.05, 0) is 18.2 Å². The van der Waals surface area contributed by atoms with Crippen molar-refractivity contribution < 1.29 is 0 Å². The number of hydrogen-bond acceptors (Lipinski definition) is 1. The van der Waals surface area contributed by atoms with Gasteiger partial charge >= 0.3 is 0 Å². The van der Waals surface area contributed by atoms with Crippen molar-refractivity contribution in [2.24, 2.45) is 0 Å². The fourth-order valence-electron chi connectivity index (χ4n) is 0.726. The molecule has 1 aromatic rings. The molecular weight excluding hydrogens is 193 g/mol. The van der Waals surface area contributed by atoms with Crippen LogP contribution in [0.3, 0.4) is 0 Å². The van der Waals surface area contributed by atoms with Crippen molar-refractivity contribution in [3.63, 3.8) is 0 Å². The van der Waals surface area contributed by atoms with E-state index in [9.17, 15) is 0 Å². The Morgan fingerprint density at radius 1 is 1.08 bits per heavy atom. The van der Waals surface area contributed by atoms with Gasteiger partial charge in [-0.1, -0.05) is 29.1 Å². The fraction of sp³-hybridized carbons (Fsp3) is 0. The van der Waals surface area contributed by atoms with Gasteiger partial charge in [0.2, 0.25) is 0 Å². The van der Waals surface area contributed by atoms with Gasteiger partial charge in [-0.2, -0.15) is 5.26 Å². The first kappa shape index (κ1) is 8.94. The molecule has 0 saturated heterocycles. The quantitative estimate of drug-likeness (QED) is 0.585. The summed E-state index contributed by atoms with van der Waals surface area (Å²) in [5, 5.41) is 9.21. The van der Waals surface area contributed by atoms with Crippen LogP contribution in [0, 0.1) is 23.2 Å². The van der Waals surface area contributed by atoms with Gasteiger partial charge in [0.25, 0.3) is 0 Å². The topological polar surface area (TPSA) is 23.8 Å². The maximum Gasteiger partial charge on any atom is 0.152 e. The smallest absolute Gasteiger partial charge is 0.152 e. The third-order valence-corrected chi connectivity index (χ3v) is 1.56. The van der Waals surface area contributed by atoms with E-state index in [1.807, 2.05) is 0 Å². The van der Waals surface area contributed by atoms with Crippen LogP contribution in [0.4, 0.5) is 0 Å². The molecule has 58 valence electrons. The summed E-state index contributed by atoms with van der Waals surface area (Å²) in [6, 6.07) is 6.62. The molecule has 0 unspecified atom stereocenters. The average Bonchev–Trinajstić information content (AvgIpc) is 1.99. The molecule has 0 spiro atoms.